The van der Waals surface area contributed by atoms with Gasteiger partial charge in [-0.15, -0.1) is 0 Å². The number of hydrogen-bond donors (Lipinski definition) is 0. The van der Waals surface area contributed by atoms with Crippen molar-refractivity contribution in [3.8, 4) is 50.5 Å². The van der Waals surface area contributed by atoms with Crippen LogP contribution in [0, 0.1) is 0 Å². The Morgan fingerprint density at radius 2 is 0.762 bits per heavy atom. The van der Waals surface area contributed by atoms with Gasteiger partial charge in [0.05, 0.1) is 22.1 Å². The van der Waals surface area contributed by atoms with E-state index in [0.29, 0.717) is 0 Å². The molecule has 0 aliphatic carbocycles. The molecule has 0 N–H and O–H groups in total. The third-order valence-electron chi connectivity index (χ3n) is 14.4. The van der Waals surface area contributed by atoms with E-state index in [2.05, 4.69) is 233 Å². The monoisotopic (exact) mass is 820 g/mol. The Bertz CT molecular complexity index is 3030. The van der Waals surface area contributed by atoms with Gasteiger partial charge in [0.2, 0.25) is 0 Å². The van der Waals surface area contributed by atoms with Gasteiger partial charge < -0.3 is 13.9 Å². The van der Waals surface area contributed by atoms with Crippen molar-refractivity contribution < 1.29 is 4.74 Å². The van der Waals surface area contributed by atoms with Crippen LogP contribution < -0.4 is 4.74 Å². The average Bonchev–Trinajstić information content (AvgIpc) is 3.87. The summed E-state index contributed by atoms with van der Waals surface area (Å²) in [5.41, 5.74) is 15.0. The van der Waals surface area contributed by atoms with E-state index in [4.69, 9.17) is 4.74 Å². The standard InChI is InChI=1S/C60H56N2O/c1-7-59(5,8-2)45-38-52(42-22-12-11-13-23-42)58(63-60(6,9-3)10-4)53(39-45)43-34-32-41(33-35-43)44-36-46(61-54-28-18-14-24-48(54)49-25-15-19-29-55(49)61)40-47(37-44)62-56-30-20-16-26-50(56)51-27-17-21-31-57(51)62/h11-40H,7-10H2,1-6H3. The third kappa shape index (κ3) is 6.91. The summed E-state index contributed by atoms with van der Waals surface area (Å²) < 4.78 is 12.2. The van der Waals surface area contributed by atoms with E-state index in [0.717, 1.165) is 70.6 Å². The molecule has 10 aromatic rings. The molecule has 0 atom stereocenters. The highest BCUT2D eigenvalue weighted by Crippen LogP contribution is 2.47. The maximum Gasteiger partial charge on any atom is 0.135 e. The van der Waals surface area contributed by atoms with E-state index in [-0.39, 0.29) is 11.0 Å². The SMILES string of the molecule is CCC(C)(CC)Oc1c(-c2ccccc2)cc(C(C)(CC)CC)cc1-c1ccc(-c2cc(-n3c4ccccc4c4ccccc43)cc(-n3c4ccccc4c4ccccc43)c2)cc1. The summed E-state index contributed by atoms with van der Waals surface area (Å²) >= 11 is 0. The zero-order valence-corrected chi connectivity index (χ0v) is 37.5. The Kier molecular flexibility index (Phi) is 10.3. The minimum absolute atomic E-state index is 0.0199. The van der Waals surface area contributed by atoms with Crippen molar-refractivity contribution in [3.05, 3.63) is 188 Å². The van der Waals surface area contributed by atoms with E-state index in [1.165, 1.54) is 54.7 Å². The van der Waals surface area contributed by atoms with E-state index >= 15 is 0 Å². The van der Waals surface area contributed by atoms with Crippen LogP contribution in [0.2, 0.25) is 0 Å². The first-order valence-electron chi connectivity index (χ1n) is 22.9. The van der Waals surface area contributed by atoms with Gasteiger partial charge in [0, 0.05) is 44.0 Å². The maximum atomic E-state index is 7.27. The number of para-hydroxylation sites is 4. The fourth-order valence-corrected chi connectivity index (χ4v) is 9.70. The smallest absolute Gasteiger partial charge is 0.135 e. The summed E-state index contributed by atoms with van der Waals surface area (Å²) in [5, 5.41) is 5.00. The minimum atomic E-state index is -0.311. The number of fused-ring (bicyclic) bond motifs is 6. The molecular weight excluding hydrogens is 765 g/mol. The molecule has 3 nitrogen and oxygen atoms in total. The van der Waals surface area contributed by atoms with Crippen molar-refractivity contribution in [2.75, 3.05) is 0 Å². The first-order valence-corrected chi connectivity index (χ1v) is 22.9. The fourth-order valence-electron chi connectivity index (χ4n) is 9.70. The summed E-state index contributed by atoms with van der Waals surface area (Å²) in [4.78, 5) is 0. The van der Waals surface area contributed by atoms with Gasteiger partial charge in [-0.05, 0) is 120 Å². The zero-order chi connectivity index (χ0) is 43.3. The van der Waals surface area contributed by atoms with Crippen LogP contribution in [0.15, 0.2) is 182 Å². The van der Waals surface area contributed by atoms with Gasteiger partial charge in [0.1, 0.15) is 11.4 Å². The Hall–Kier alpha value is -6.84. The Morgan fingerprint density at radius 1 is 0.381 bits per heavy atom. The van der Waals surface area contributed by atoms with Crippen LogP contribution in [-0.4, -0.2) is 14.7 Å². The molecule has 0 radical (unpaired) electrons. The molecule has 3 heteroatoms. The molecule has 0 aliphatic heterocycles. The van der Waals surface area contributed by atoms with Gasteiger partial charge in [-0.25, -0.2) is 0 Å². The predicted octanol–water partition coefficient (Wildman–Crippen LogP) is 16.9. The molecule has 312 valence electrons. The van der Waals surface area contributed by atoms with Crippen LogP contribution in [0.5, 0.6) is 5.75 Å². The van der Waals surface area contributed by atoms with Crippen LogP contribution in [-0.2, 0) is 5.41 Å². The quantitative estimate of drug-likeness (QED) is 0.120. The molecule has 0 fully saturated rings. The second-order valence-corrected chi connectivity index (χ2v) is 17.8. The Morgan fingerprint density at radius 3 is 1.17 bits per heavy atom. The molecule has 0 saturated carbocycles. The number of nitrogens with zero attached hydrogens (tertiary/aromatic N) is 2. The van der Waals surface area contributed by atoms with Crippen molar-refractivity contribution in [3.63, 3.8) is 0 Å². The molecule has 2 heterocycles. The molecule has 0 spiro atoms. The van der Waals surface area contributed by atoms with Gasteiger partial charge >= 0.3 is 0 Å². The molecule has 0 saturated heterocycles. The van der Waals surface area contributed by atoms with Gasteiger partial charge in [-0.1, -0.05) is 162 Å². The first-order chi connectivity index (χ1) is 30.8. The van der Waals surface area contributed by atoms with Crippen molar-refractivity contribution in [2.24, 2.45) is 0 Å². The summed E-state index contributed by atoms with van der Waals surface area (Å²) in [5.74, 6) is 0.959. The van der Waals surface area contributed by atoms with Gasteiger partial charge in [0.25, 0.3) is 0 Å². The third-order valence-corrected chi connectivity index (χ3v) is 14.4. The Labute approximate surface area is 372 Å². The maximum absolute atomic E-state index is 7.27. The molecule has 10 rings (SSSR count). The normalized spacial score (nSPS) is 12.2. The second-order valence-electron chi connectivity index (χ2n) is 17.8. The second kappa shape index (κ2) is 16.1. The topological polar surface area (TPSA) is 19.1 Å². The van der Waals surface area contributed by atoms with Crippen molar-refractivity contribution in [1.29, 1.82) is 0 Å². The lowest BCUT2D eigenvalue weighted by molar-refractivity contribution is 0.0816. The van der Waals surface area contributed by atoms with Crippen LogP contribution in [0.25, 0.3) is 88.4 Å². The summed E-state index contributed by atoms with van der Waals surface area (Å²) in [6.07, 6.45) is 3.93. The highest BCUT2D eigenvalue weighted by Gasteiger charge is 2.30. The minimum Gasteiger partial charge on any atom is -0.486 e. The molecule has 8 aromatic carbocycles. The van der Waals surface area contributed by atoms with E-state index in [1.807, 2.05) is 0 Å². The lowest BCUT2D eigenvalue weighted by Crippen LogP contribution is -2.31. The van der Waals surface area contributed by atoms with E-state index in [9.17, 15) is 0 Å². The summed E-state index contributed by atoms with van der Waals surface area (Å²) in [7, 11) is 0. The molecule has 0 amide bonds. The number of aromatic nitrogens is 2. The van der Waals surface area contributed by atoms with Crippen LogP contribution in [0.1, 0.15) is 72.8 Å². The van der Waals surface area contributed by atoms with Crippen LogP contribution in [0.3, 0.4) is 0 Å². The molecule has 63 heavy (non-hydrogen) atoms. The highest BCUT2D eigenvalue weighted by atomic mass is 16.5. The number of ether oxygens (including phenoxy) is 1. The molecule has 2 aromatic heterocycles. The van der Waals surface area contributed by atoms with E-state index < -0.39 is 0 Å². The molecule has 0 bridgehead atoms. The number of rotatable bonds is 12. The lowest BCUT2D eigenvalue weighted by Gasteiger charge is -2.34. The zero-order valence-electron chi connectivity index (χ0n) is 37.5. The van der Waals surface area contributed by atoms with Crippen molar-refractivity contribution >= 4 is 43.6 Å². The first kappa shape index (κ1) is 40.2. The average molecular weight is 821 g/mol. The molecule has 0 aliphatic rings. The van der Waals surface area contributed by atoms with Gasteiger partial charge in [-0.3, -0.25) is 0 Å². The predicted molar refractivity (Wildman–Crippen MR) is 269 cm³/mol. The molecular formula is C60H56N2O. The highest BCUT2D eigenvalue weighted by molar-refractivity contribution is 6.10. The Balaban J connectivity index is 1.20. The van der Waals surface area contributed by atoms with Crippen LogP contribution >= 0.6 is 0 Å². The number of hydrogen-bond acceptors (Lipinski definition) is 1. The van der Waals surface area contributed by atoms with Crippen molar-refractivity contribution in [2.45, 2.75) is 78.2 Å². The summed E-state index contributed by atoms with van der Waals surface area (Å²) in [6.45, 7) is 13.8. The van der Waals surface area contributed by atoms with Crippen LogP contribution in [0.4, 0.5) is 0 Å². The fraction of sp³-hybridized carbons (Fsp3) is 0.200. The van der Waals surface area contributed by atoms with E-state index in [1.54, 1.807) is 0 Å². The van der Waals surface area contributed by atoms with Gasteiger partial charge in [0.15, 0.2) is 0 Å². The van der Waals surface area contributed by atoms with Gasteiger partial charge in [-0.2, -0.15) is 0 Å². The largest absolute Gasteiger partial charge is 0.486 e. The van der Waals surface area contributed by atoms with Crippen molar-refractivity contribution in [1.82, 2.24) is 9.13 Å². The molecule has 0 unspecified atom stereocenters. The lowest BCUT2D eigenvalue weighted by atomic mass is 9.75. The number of benzene rings is 8. The summed E-state index contributed by atoms with van der Waals surface area (Å²) in [6, 6.07) is 67.2.